The SMILES string of the molecule is COc1ccc2cccc(CCN(C(C)=O)C(=O)OC(C)OC(=O)C(C)C)c2c1. The van der Waals surface area contributed by atoms with Gasteiger partial charge in [-0.3, -0.25) is 9.59 Å². The molecule has 1 atom stereocenters. The van der Waals surface area contributed by atoms with Crippen molar-refractivity contribution in [2.24, 2.45) is 5.92 Å². The molecule has 1 unspecified atom stereocenters. The lowest BCUT2D eigenvalue weighted by Gasteiger charge is -2.22. The van der Waals surface area contributed by atoms with Crippen molar-refractivity contribution in [3.8, 4) is 5.75 Å². The molecule has 29 heavy (non-hydrogen) atoms. The summed E-state index contributed by atoms with van der Waals surface area (Å²) in [5.74, 6) is -0.545. The molecule has 7 heteroatoms. The minimum Gasteiger partial charge on any atom is -0.497 e. The van der Waals surface area contributed by atoms with Crippen molar-refractivity contribution in [2.45, 2.75) is 40.4 Å². The van der Waals surface area contributed by atoms with E-state index in [1.165, 1.54) is 13.8 Å². The predicted molar refractivity (Wildman–Crippen MR) is 108 cm³/mol. The van der Waals surface area contributed by atoms with Gasteiger partial charge >= 0.3 is 12.1 Å². The van der Waals surface area contributed by atoms with Gasteiger partial charge in [-0.1, -0.05) is 38.1 Å². The quantitative estimate of drug-likeness (QED) is 0.517. The number of carbonyl (C=O) groups is 3. The average Bonchev–Trinajstić information content (AvgIpc) is 2.67. The Balaban J connectivity index is 2.09. The smallest absolute Gasteiger partial charge is 0.419 e. The Labute approximate surface area is 170 Å². The molecule has 0 N–H and O–H groups in total. The fourth-order valence-corrected chi connectivity index (χ4v) is 2.80. The first-order chi connectivity index (χ1) is 13.7. The molecule has 0 saturated carbocycles. The number of amides is 2. The van der Waals surface area contributed by atoms with Crippen LogP contribution < -0.4 is 4.74 Å². The molecule has 2 rings (SSSR count). The monoisotopic (exact) mass is 401 g/mol. The molecule has 0 aromatic heterocycles. The van der Waals surface area contributed by atoms with Crippen LogP contribution >= 0.6 is 0 Å². The first-order valence-electron chi connectivity index (χ1n) is 9.47. The van der Waals surface area contributed by atoms with Crippen molar-refractivity contribution >= 4 is 28.7 Å². The fourth-order valence-electron chi connectivity index (χ4n) is 2.80. The zero-order valence-corrected chi connectivity index (χ0v) is 17.4. The van der Waals surface area contributed by atoms with Crippen molar-refractivity contribution in [1.82, 2.24) is 4.90 Å². The molecule has 0 bridgehead atoms. The lowest BCUT2D eigenvalue weighted by atomic mass is 10.0. The summed E-state index contributed by atoms with van der Waals surface area (Å²) < 4.78 is 15.4. The van der Waals surface area contributed by atoms with Crippen LogP contribution in [0.15, 0.2) is 36.4 Å². The second-order valence-corrected chi connectivity index (χ2v) is 6.97. The van der Waals surface area contributed by atoms with E-state index >= 15 is 0 Å². The maximum Gasteiger partial charge on any atom is 0.419 e. The van der Waals surface area contributed by atoms with Gasteiger partial charge in [0.05, 0.1) is 13.0 Å². The van der Waals surface area contributed by atoms with E-state index < -0.39 is 24.3 Å². The Morgan fingerprint density at radius 1 is 1.03 bits per heavy atom. The van der Waals surface area contributed by atoms with Gasteiger partial charge in [0.1, 0.15) is 5.75 Å². The van der Waals surface area contributed by atoms with Crippen LogP contribution in [0.3, 0.4) is 0 Å². The normalized spacial score (nSPS) is 11.8. The maximum absolute atomic E-state index is 12.4. The van der Waals surface area contributed by atoms with E-state index in [-0.39, 0.29) is 12.5 Å². The molecule has 2 aromatic rings. The molecule has 2 aromatic carbocycles. The van der Waals surface area contributed by atoms with Crippen molar-refractivity contribution < 1.29 is 28.6 Å². The van der Waals surface area contributed by atoms with E-state index in [2.05, 4.69) is 0 Å². The number of carbonyl (C=O) groups excluding carboxylic acids is 3. The lowest BCUT2D eigenvalue weighted by Crippen LogP contribution is -2.39. The van der Waals surface area contributed by atoms with Crippen LogP contribution in [0.2, 0.25) is 0 Å². The Bertz CT molecular complexity index is 892. The van der Waals surface area contributed by atoms with E-state index in [4.69, 9.17) is 14.2 Å². The van der Waals surface area contributed by atoms with Crippen molar-refractivity contribution in [3.05, 3.63) is 42.0 Å². The van der Waals surface area contributed by atoms with Crippen LogP contribution in [0.5, 0.6) is 5.75 Å². The summed E-state index contributed by atoms with van der Waals surface area (Å²) in [4.78, 5) is 37.0. The van der Waals surface area contributed by atoms with E-state index in [0.717, 1.165) is 27.0 Å². The highest BCUT2D eigenvalue weighted by molar-refractivity contribution is 5.91. The van der Waals surface area contributed by atoms with Gasteiger partial charge in [0, 0.05) is 20.4 Å². The Kier molecular flexibility index (Phi) is 7.59. The molecule has 0 saturated heterocycles. The van der Waals surface area contributed by atoms with Crippen molar-refractivity contribution in [3.63, 3.8) is 0 Å². The Hall–Kier alpha value is -3.09. The number of imide groups is 1. The van der Waals surface area contributed by atoms with Crippen molar-refractivity contribution in [1.29, 1.82) is 0 Å². The molecule has 0 radical (unpaired) electrons. The van der Waals surface area contributed by atoms with E-state index in [0.29, 0.717) is 6.42 Å². The molecule has 2 amide bonds. The maximum atomic E-state index is 12.4. The third kappa shape index (κ3) is 5.94. The van der Waals surface area contributed by atoms with Gasteiger partial charge < -0.3 is 14.2 Å². The molecule has 0 aliphatic heterocycles. The zero-order chi connectivity index (χ0) is 21.6. The van der Waals surface area contributed by atoms with Crippen LogP contribution in [-0.2, 0) is 25.5 Å². The van der Waals surface area contributed by atoms with Gasteiger partial charge in [-0.25, -0.2) is 9.69 Å². The summed E-state index contributed by atoms with van der Waals surface area (Å²) in [6.45, 7) is 6.22. The molecule has 0 spiro atoms. The number of hydrogen-bond donors (Lipinski definition) is 0. The molecule has 0 fully saturated rings. The first kappa shape index (κ1) is 22.2. The summed E-state index contributed by atoms with van der Waals surface area (Å²) in [6.07, 6.45) is -1.49. The molecular formula is C22H27NO6. The Morgan fingerprint density at radius 2 is 1.76 bits per heavy atom. The summed E-state index contributed by atoms with van der Waals surface area (Å²) in [6, 6.07) is 11.6. The van der Waals surface area contributed by atoms with Crippen LogP contribution in [0.25, 0.3) is 10.8 Å². The second kappa shape index (κ2) is 9.91. The van der Waals surface area contributed by atoms with E-state index in [1.54, 1.807) is 21.0 Å². The number of nitrogens with zero attached hydrogens (tertiary/aromatic N) is 1. The molecular weight excluding hydrogens is 374 g/mol. The fraction of sp³-hybridized carbons (Fsp3) is 0.409. The number of hydrogen-bond acceptors (Lipinski definition) is 6. The van der Waals surface area contributed by atoms with E-state index in [1.807, 2.05) is 36.4 Å². The molecule has 7 nitrogen and oxygen atoms in total. The van der Waals surface area contributed by atoms with Gasteiger partial charge in [0.15, 0.2) is 0 Å². The summed E-state index contributed by atoms with van der Waals surface area (Å²) in [7, 11) is 1.60. The number of benzene rings is 2. The lowest BCUT2D eigenvalue weighted by molar-refractivity contribution is -0.170. The first-order valence-corrected chi connectivity index (χ1v) is 9.47. The van der Waals surface area contributed by atoms with Crippen LogP contribution in [0.1, 0.15) is 33.3 Å². The second-order valence-electron chi connectivity index (χ2n) is 6.97. The summed E-state index contributed by atoms with van der Waals surface area (Å²) in [5, 5.41) is 2.03. The number of methoxy groups -OCH3 is 1. The molecule has 156 valence electrons. The predicted octanol–water partition coefficient (Wildman–Crippen LogP) is 3.92. The molecule has 0 aliphatic carbocycles. The number of ether oxygens (including phenoxy) is 3. The number of rotatable bonds is 7. The third-order valence-electron chi connectivity index (χ3n) is 4.41. The summed E-state index contributed by atoms with van der Waals surface area (Å²) in [5.41, 5.74) is 0.972. The number of fused-ring (bicyclic) bond motifs is 1. The van der Waals surface area contributed by atoms with Gasteiger partial charge in [-0.05, 0) is 34.9 Å². The minimum absolute atomic E-state index is 0.134. The van der Waals surface area contributed by atoms with Crippen LogP contribution in [0.4, 0.5) is 4.79 Å². The van der Waals surface area contributed by atoms with Crippen LogP contribution in [-0.4, -0.2) is 42.8 Å². The van der Waals surface area contributed by atoms with Gasteiger partial charge in [0.25, 0.3) is 0 Å². The van der Waals surface area contributed by atoms with Crippen LogP contribution in [0, 0.1) is 5.92 Å². The highest BCUT2D eigenvalue weighted by Gasteiger charge is 2.24. The zero-order valence-electron chi connectivity index (χ0n) is 17.4. The highest BCUT2D eigenvalue weighted by Crippen LogP contribution is 2.24. The van der Waals surface area contributed by atoms with E-state index in [9.17, 15) is 14.4 Å². The standard InChI is InChI=1S/C22H27NO6/c1-14(2)21(25)28-16(4)29-22(26)23(15(3)24)12-11-18-8-6-7-17-9-10-19(27-5)13-20(17)18/h6-10,13-14,16H,11-12H2,1-5H3. The third-order valence-corrected chi connectivity index (χ3v) is 4.41. The van der Waals surface area contributed by atoms with Gasteiger partial charge in [0.2, 0.25) is 12.2 Å². The summed E-state index contributed by atoms with van der Waals surface area (Å²) >= 11 is 0. The topological polar surface area (TPSA) is 82.1 Å². The number of esters is 1. The van der Waals surface area contributed by atoms with Crippen molar-refractivity contribution in [2.75, 3.05) is 13.7 Å². The molecule has 0 heterocycles. The highest BCUT2D eigenvalue weighted by atomic mass is 16.7. The molecule has 0 aliphatic rings. The minimum atomic E-state index is -1.08. The van der Waals surface area contributed by atoms with Gasteiger partial charge in [-0.2, -0.15) is 0 Å². The largest absolute Gasteiger partial charge is 0.497 e. The average molecular weight is 401 g/mol. The van der Waals surface area contributed by atoms with Gasteiger partial charge in [-0.15, -0.1) is 0 Å². The Morgan fingerprint density at radius 3 is 2.38 bits per heavy atom.